The Morgan fingerprint density at radius 2 is 2.16 bits per heavy atom. The van der Waals surface area contributed by atoms with Gasteiger partial charge in [-0.2, -0.15) is 14.9 Å². The van der Waals surface area contributed by atoms with Crippen LogP contribution in [-0.2, 0) is 0 Å². The Bertz CT molecular complexity index is 1010. The molecule has 25 heavy (non-hydrogen) atoms. The van der Waals surface area contributed by atoms with E-state index < -0.39 is 0 Å². The Morgan fingerprint density at radius 1 is 1.36 bits per heavy atom. The lowest BCUT2D eigenvalue weighted by Gasteiger charge is -2.05. The highest BCUT2D eigenvalue weighted by Gasteiger charge is 2.10. The topological polar surface area (TPSA) is 75.4 Å². The number of nitrogens with one attached hydrogen (secondary N) is 1. The van der Waals surface area contributed by atoms with Crippen LogP contribution in [0.3, 0.4) is 0 Å². The van der Waals surface area contributed by atoms with Crippen LogP contribution in [-0.4, -0.2) is 33.3 Å². The minimum Gasteiger partial charge on any atom is -0.507 e. The van der Waals surface area contributed by atoms with Crippen molar-refractivity contribution in [3.63, 3.8) is 0 Å². The summed E-state index contributed by atoms with van der Waals surface area (Å²) in [5, 5.41) is 21.6. The lowest BCUT2D eigenvalue weighted by molar-refractivity contribution is 0.415. The number of phenols is 1. The van der Waals surface area contributed by atoms with E-state index in [1.165, 1.54) is 4.68 Å². The fourth-order valence-electron chi connectivity index (χ4n) is 2.33. The average Bonchev–Trinajstić information content (AvgIpc) is 2.97. The van der Waals surface area contributed by atoms with Crippen molar-refractivity contribution in [3.8, 4) is 22.9 Å². The van der Waals surface area contributed by atoms with Crippen molar-refractivity contribution in [2.75, 3.05) is 7.11 Å². The molecule has 1 heterocycles. The van der Waals surface area contributed by atoms with Gasteiger partial charge in [0.1, 0.15) is 11.5 Å². The molecule has 3 rings (SSSR count). The maximum atomic E-state index is 10.2. The quantitative estimate of drug-likeness (QED) is 0.345. The molecule has 1 aromatic heterocycles. The van der Waals surface area contributed by atoms with Gasteiger partial charge >= 0.3 is 0 Å². The largest absolute Gasteiger partial charge is 0.507 e. The molecule has 0 aliphatic heterocycles. The first-order chi connectivity index (χ1) is 12.0. The van der Waals surface area contributed by atoms with Crippen molar-refractivity contribution in [2.24, 2.45) is 5.10 Å². The van der Waals surface area contributed by atoms with Crippen molar-refractivity contribution in [1.29, 1.82) is 0 Å². The summed E-state index contributed by atoms with van der Waals surface area (Å²) < 4.78 is 8.13. The number of rotatable bonds is 4. The molecule has 0 aliphatic rings. The molecular formula is C17H15IN4O2S. The number of aryl methyl sites for hydroxylation is 1. The molecule has 2 N–H and O–H groups in total. The number of aromatic amines is 1. The van der Waals surface area contributed by atoms with Crippen molar-refractivity contribution in [3.05, 3.63) is 55.9 Å². The number of benzene rings is 2. The molecule has 6 nitrogen and oxygen atoms in total. The Labute approximate surface area is 163 Å². The number of phenolic OH excluding ortho intramolecular Hbond substituents is 1. The summed E-state index contributed by atoms with van der Waals surface area (Å²) in [5.41, 5.74) is 2.22. The van der Waals surface area contributed by atoms with E-state index in [4.69, 9.17) is 17.0 Å². The van der Waals surface area contributed by atoms with Crippen molar-refractivity contribution < 1.29 is 9.84 Å². The predicted octanol–water partition coefficient (Wildman–Crippen LogP) is 4.12. The van der Waals surface area contributed by atoms with Gasteiger partial charge in [-0.05, 0) is 71.6 Å². The maximum absolute atomic E-state index is 10.2. The Morgan fingerprint density at radius 3 is 2.92 bits per heavy atom. The zero-order valence-corrected chi connectivity index (χ0v) is 16.5. The number of aromatic nitrogens is 3. The third-order valence-electron chi connectivity index (χ3n) is 3.59. The van der Waals surface area contributed by atoms with Gasteiger partial charge in [-0.25, -0.2) is 5.10 Å². The number of H-pyrrole nitrogens is 1. The van der Waals surface area contributed by atoms with Crippen LogP contribution >= 0.6 is 34.8 Å². The molecule has 2 aromatic carbocycles. The van der Waals surface area contributed by atoms with Gasteiger partial charge in [0.15, 0.2) is 5.82 Å². The van der Waals surface area contributed by atoms with Crippen LogP contribution in [0.15, 0.2) is 41.5 Å². The van der Waals surface area contributed by atoms with Gasteiger partial charge in [0, 0.05) is 14.7 Å². The van der Waals surface area contributed by atoms with Crippen LogP contribution in [0.1, 0.15) is 11.1 Å². The number of aromatic hydroxyl groups is 1. The van der Waals surface area contributed by atoms with E-state index in [-0.39, 0.29) is 5.75 Å². The SMILES string of the molecule is COc1cccc(-c2n[nH]c(=S)n2/N=C/c2cc(I)cc(C)c2O)c1. The van der Waals surface area contributed by atoms with Gasteiger partial charge < -0.3 is 9.84 Å². The number of nitrogens with zero attached hydrogens (tertiary/aromatic N) is 3. The van der Waals surface area contributed by atoms with Crippen molar-refractivity contribution in [2.45, 2.75) is 6.92 Å². The normalized spacial score (nSPS) is 11.2. The number of hydrogen-bond donors (Lipinski definition) is 2. The fraction of sp³-hybridized carbons (Fsp3) is 0.118. The van der Waals surface area contributed by atoms with Crippen molar-refractivity contribution >= 4 is 41.0 Å². The second kappa shape index (κ2) is 7.36. The number of halogens is 1. The molecule has 0 saturated heterocycles. The molecule has 0 aliphatic carbocycles. The summed E-state index contributed by atoms with van der Waals surface area (Å²) in [4.78, 5) is 0. The molecule has 0 spiro atoms. The fourth-order valence-corrected chi connectivity index (χ4v) is 3.31. The highest BCUT2D eigenvalue weighted by atomic mass is 127. The molecule has 0 unspecified atom stereocenters. The van der Waals surface area contributed by atoms with Gasteiger partial charge in [0.05, 0.1) is 13.3 Å². The minimum atomic E-state index is 0.196. The van der Waals surface area contributed by atoms with E-state index in [1.807, 2.05) is 43.3 Å². The molecular weight excluding hydrogens is 451 g/mol. The van der Waals surface area contributed by atoms with Crippen molar-refractivity contribution in [1.82, 2.24) is 14.9 Å². The van der Waals surface area contributed by atoms with Crippen LogP contribution < -0.4 is 4.74 Å². The highest BCUT2D eigenvalue weighted by Crippen LogP contribution is 2.25. The van der Waals surface area contributed by atoms with E-state index in [0.717, 1.165) is 14.7 Å². The van der Waals surface area contributed by atoms with Gasteiger partial charge in [-0.3, -0.25) is 0 Å². The highest BCUT2D eigenvalue weighted by molar-refractivity contribution is 14.1. The Balaban J connectivity index is 2.05. The van der Waals surface area contributed by atoms with E-state index in [9.17, 15) is 5.11 Å². The molecule has 0 amide bonds. The van der Waals surface area contributed by atoms with Gasteiger partial charge in [0.2, 0.25) is 4.77 Å². The molecule has 0 radical (unpaired) electrons. The first-order valence-corrected chi connectivity index (χ1v) is 8.83. The summed E-state index contributed by atoms with van der Waals surface area (Å²) in [6, 6.07) is 11.2. The second-order valence-electron chi connectivity index (χ2n) is 5.30. The number of ether oxygens (including phenoxy) is 1. The number of hydrogen-bond acceptors (Lipinski definition) is 5. The average molecular weight is 466 g/mol. The molecule has 0 fully saturated rings. The van der Waals surface area contributed by atoms with E-state index in [2.05, 4.69) is 37.9 Å². The Hall–Kier alpha value is -2.20. The smallest absolute Gasteiger partial charge is 0.216 e. The lowest BCUT2D eigenvalue weighted by atomic mass is 10.1. The summed E-state index contributed by atoms with van der Waals surface area (Å²) in [6.07, 6.45) is 1.57. The van der Waals surface area contributed by atoms with E-state index in [1.54, 1.807) is 13.3 Å². The lowest BCUT2D eigenvalue weighted by Crippen LogP contribution is -1.96. The second-order valence-corrected chi connectivity index (χ2v) is 6.93. The summed E-state index contributed by atoms with van der Waals surface area (Å²) in [5.74, 6) is 1.47. The third kappa shape index (κ3) is 3.74. The summed E-state index contributed by atoms with van der Waals surface area (Å²) in [7, 11) is 1.61. The van der Waals surface area contributed by atoms with E-state index >= 15 is 0 Å². The van der Waals surface area contributed by atoms with Crippen LogP contribution in [0, 0.1) is 15.3 Å². The van der Waals surface area contributed by atoms with Crippen LogP contribution in [0.25, 0.3) is 11.4 Å². The molecule has 128 valence electrons. The minimum absolute atomic E-state index is 0.196. The van der Waals surface area contributed by atoms with Gasteiger partial charge in [-0.15, -0.1) is 0 Å². The standard InChI is InChI=1S/C17H15IN4O2S/c1-10-6-13(18)7-12(15(10)23)9-19-22-16(20-21-17(22)25)11-4-3-5-14(8-11)24-2/h3-9,23H,1-2H3,(H,21,25)/b19-9+. The number of methoxy groups -OCH3 is 1. The summed E-state index contributed by atoms with van der Waals surface area (Å²) >= 11 is 7.47. The molecule has 0 bridgehead atoms. The zero-order chi connectivity index (χ0) is 18.0. The van der Waals surface area contributed by atoms with Crippen LogP contribution in [0.2, 0.25) is 0 Å². The first kappa shape index (κ1) is 17.6. The molecule has 8 heteroatoms. The maximum Gasteiger partial charge on any atom is 0.216 e. The molecule has 0 saturated carbocycles. The zero-order valence-electron chi connectivity index (χ0n) is 13.5. The van der Waals surface area contributed by atoms with E-state index in [0.29, 0.717) is 21.9 Å². The Kier molecular flexibility index (Phi) is 5.19. The van der Waals surface area contributed by atoms with Gasteiger partial charge in [-0.1, -0.05) is 12.1 Å². The van der Waals surface area contributed by atoms with Crippen LogP contribution in [0.4, 0.5) is 0 Å². The monoisotopic (exact) mass is 466 g/mol. The van der Waals surface area contributed by atoms with Crippen LogP contribution in [0.5, 0.6) is 11.5 Å². The predicted molar refractivity (Wildman–Crippen MR) is 108 cm³/mol. The summed E-state index contributed by atoms with van der Waals surface area (Å²) in [6.45, 7) is 1.85. The molecule has 3 aromatic rings. The third-order valence-corrected chi connectivity index (χ3v) is 4.47. The first-order valence-electron chi connectivity index (χ1n) is 7.35. The molecule has 0 atom stereocenters. The van der Waals surface area contributed by atoms with Gasteiger partial charge in [0.25, 0.3) is 0 Å².